The van der Waals surface area contributed by atoms with Crippen LogP contribution < -0.4 is 0 Å². The highest BCUT2D eigenvalue weighted by Crippen LogP contribution is 2.34. The Kier molecular flexibility index (Phi) is 11.1. The number of aliphatic hydroxyl groups excluding tert-OH is 1. The van der Waals surface area contributed by atoms with Crippen LogP contribution in [0.3, 0.4) is 0 Å². The average Bonchev–Trinajstić information content (AvgIpc) is 3.54. The molecule has 0 saturated carbocycles. The van der Waals surface area contributed by atoms with Crippen molar-refractivity contribution in [3.8, 4) is 11.8 Å². The van der Waals surface area contributed by atoms with Crippen LogP contribution in [0.5, 0.6) is 0 Å². The van der Waals surface area contributed by atoms with Gasteiger partial charge in [0, 0.05) is 34.4 Å². The number of ether oxygens (including phenoxy) is 2. The number of furan rings is 1. The van der Waals surface area contributed by atoms with Crippen LogP contribution in [-0.4, -0.2) is 35.9 Å². The number of hydrogen-bond donors (Lipinski definition) is 1. The molecule has 0 amide bonds. The molecule has 44 heavy (non-hydrogen) atoms. The third-order valence-electron chi connectivity index (χ3n) is 8.07. The molecule has 1 aliphatic rings. The highest BCUT2D eigenvalue weighted by molar-refractivity contribution is 5.91. The molecule has 6 heteroatoms. The van der Waals surface area contributed by atoms with E-state index in [9.17, 15) is 14.7 Å². The van der Waals surface area contributed by atoms with Crippen molar-refractivity contribution < 1.29 is 28.6 Å². The van der Waals surface area contributed by atoms with Crippen LogP contribution in [0, 0.1) is 36.5 Å². The summed E-state index contributed by atoms with van der Waals surface area (Å²) >= 11 is 0. The van der Waals surface area contributed by atoms with Gasteiger partial charge in [0.1, 0.15) is 18.0 Å². The normalized spacial score (nSPS) is 18.2. The standard InChI is InChI=1S/C38H46O6/c1-25(2)17-31(18-26(3)4)13-15-32-22-38(23-39,44-37(32)41)24-42-36(40)19-28(6)35-21-33-20-30(14-16-34(33)43-35)12-11-29-9-7-27(5)8-10-29/h7-10,14-16,20-21,25-26,28,31,39H,13,17-19,22-24H2,1-6H3/b32-15+/t28-,38-/m1/s1. The van der Waals surface area contributed by atoms with Gasteiger partial charge < -0.3 is 19.0 Å². The molecule has 1 aromatic heterocycles. The lowest BCUT2D eigenvalue weighted by Gasteiger charge is -2.24. The molecule has 1 N–H and O–H groups in total. The number of carbonyl (C=O) groups excluding carboxylic acids is 2. The zero-order valence-electron chi connectivity index (χ0n) is 26.9. The Balaban J connectivity index is 1.34. The van der Waals surface area contributed by atoms with E-state index in [4.69, 9.17) is 13.9 Å². The van der Waals surface area contributed by atoms with E-state index in [1.165, 1.54) is 5.56 Å². The third-order valence-corrected chi connectivity index (χ3v) is 8.07. The second-order valence-corrected chi connectivity index (χ2v) is 13.3. The molecular formula is C38H46O6. The molecule has 1 saturated heterocycles. The van der Waals surface area contributed by atoms with Gasteiger partial charge in [0.05, 0.1) is 13.0 Å². The minimum absolute atomic E-state index is 0.0874. The summed E-state index contributed by atoms with van der Waals surface area (Å²) in [5.41, 5.74) is 3.05. The fourth-order valence-corrected chi connectivity index (χ4v) is 5.81. The van der Waals surface area contributed by atoms with Crippen molar-refractivity contribution in [3.05, 3.63) is 82.6 Å². The quantitative estimate of drug-likeness (QED) is 0.130. The average molecular weight is 599 g/mol. The lowest BCUT2D eigenvalue weighted by atomic mass is 9.86. The van der Waals surface area contributed by atoms with Crippen molar-refractivity contribution in [2.24, 2.45) is 17.8 Å². The number of rotatable bonds is 12. The van der Waals surface area contributed by atoms with Crippen LogP contribution in [-0.2, 0) is 19.1 Å². The van der Waals surface area contributed by atoms with Crippen molar-refractivity contribution in [1.29, 1.82) is 0 Å². The minimum atomic E-state index is -1.25. The fourth-order valence-electron chi connectivity index (χ4n) is 5.81. The second-order valence-electron chi connectivity index (χ2n) is 13.3. The van der Waals surface area contributed by atoms with Gasteiger partial charge in [-0.2, -0.15) is 0 Å². The maximum atomic E-state index is 12.8. The predicted octanol–water partition coefficient (Wildman–Crippen LogP) is 7.88. The third kappa shape index (κ3) is 9.09. The zero-order chi connectivity index (χ0) is 31.9. The van der Waals surface area contributed by atoms with Crippen LogP contribution >= 0.6 is 0 Å². The topological polar surface area (TPSA) is 86.0 Å². The molecule has 2 atom stereocenters. The van der Waals surface area contributed by atoms with Crippen LogP contribution in [0.15, 0.2) is 64.6 Å². The molecule has 6 nitrogen and oxygen atoms in total. The van der Waals surface area contributed by atoms with Crippen LogP contribution in [0.4, 0.5) is 0 Å². The number of hydrogen-bond acceptors (Lipinski definition) is 6. The molecule has 4 rings (SSSR count). The second kappa shape index (κ2) is 14.8. The van der Waals surface area contributed by atoms with Crippen molar-refractivity contribution in [1.82, 2.24) is 0 Å². The molecule has 0 unspecified atom stereocenters. The Morgan fingerprint density at radius 1 is 1.00 bits per heavy atom. The fraction of sp³-hybridized carbons (Fsp3) is 0.474. The van der Waals surface area contributed by atoms with Gasteiger partial charge in [-0.1, -0.05) is 70.2 Å². The van der Waals surface area contributed by atoms with E-state index in [0.717, 1.165) is 41.4 Å². The number of carbonyl (C=O) groups is 2. The van der Waals surface area contributed by atoms with Gasteiger partial charge in [-0.15, -0.1) is 0 Å². The summed E-state index contributed by atoms with van der Waals surface area (Å²) in [7, 11) is 0. The Labute approximate surface area is 261 Å². The predicted molar refractivity (Wildman–Crippen MR) is 173 cm³/mol. The SMILES string of the molecule is Cc1ccc(C#Cc2ccc3oc([C@H](C)CC(=O)OC[C@]4(CO)C/C(=C\CC(CC(C)C)CC(C)C)C(=O)O4)cc3c2)cc1. The van der Waals surface area contributed by atoms with E-state index < -0.39 is 24.1 Å². The first-order valence-electron chi connectivity index (χ1n) is 15.8. The summed E-state index contributed by atoms with van der Waals surface area (Å²) in [5.74, 6) is 7.58. The van der Waals surface area contributed by atoms with E-state index in [0.29, 0.717) is 29.1 Å². The molecule has 0 spiro atoms. The summed E-state index contributed by atoms with van der Waals surface area (Å²) in [6, 6.07) is 15.8. The number of aliphatic hydroxyl groups is 1. The van der Waals surface area contributed by atoms with Crippen molar-refractivity contribution in [2.75, 3.05) is 13.2 Å². The molecule has 2 aromatic carbocycles. The van der Waals surface area contributed by atoms with Gasteiger partial charge in [-0.25, -0.2) is 4.79 Å². The lowest BCUT2D eigenvalue weighted by Crippen LogP contribution is -2.39. The Bertz CT molecular complexity index is 1520. The van der Waals surface area contributed by atoms with E-state index in [1.807, 2.05) is 68.5 Å². The first kappa shape index (κ1) is 33.1. The smallest absolute Gasteiger partial charge is 0.334 e. The summed E-state index contributed by atoms with van der Waals surface area (Å²) in [6.45, 7) is 12.2. The highest BCUT2D eigenvalue weighted by atomic mass is 16.6. The van der Waals surface area contributed by atoms with E-state index in [2.05, 4.69) is 39.5 Å². The maximum Gasteiger partial charge on any atom is 0.334 e. The maximum absolute atomic E-state index is 12.8. The van der Waals surface area contributed by atoms with Crippen molar-refractivity contribution >= 4 is 22.9 Å². The number of esters is 2. The lowest BCUT2D eigenvalue weighted by molar-refractivity contribution is -0.166. The summed E-state index contributed by atoms with van der Waals surface area (Å²) in [4.78, 5) is 25.5. The largest absolute Gasteiger partial charge is 0.461 e. The Morgan fingerprint density at radius 2 is 1.66 bits per heavy atom. The number of allylic oxidation sites excluding steroid dienone is 1. The van der Waals surface area contributed by atoms with Crippen LogP contribution in [0.25, 0.3) is 11.0 Å². The van der Waals surface area contributed by atoms with E-state index in [-0.39, 0.29) is 25.4 Å². The number of aryl methyl sites for hydroxylation is 1. The Hall–Kier alpha value is -3.82. The minimum Gasteiger partial charge on any atom is -0.461 e. The van der Waals surface area contributed by atoms with Gasteiger partial charge in [0.15, 0.2) is 5.60 Å². The molecule has 0 aliphatic carbocycles. The van der Waals surface area contributed by atoms with Crippen molar-refractivity contribution in [3.63, 3.8) is 0 Å². The summed E-state index contributed by atoms with van der Waals surface area (Å²) in [6.07, 6.45) is 5.24. The molecular weight excluding hydrogens is 552 g/mol. The first-order chi connectivity index (χ1) is 20.9. The summed E-state index contributed by atoms with van der Waals surface area (Å²) in [5, 5.41) is 11.1. The van der Waals surface area contributed by atoms with Gasteiger partial charge in [0.25, 0.3) is 0 Å². The van der Waals surface area contributed by atoms with Gasteiger partial charge in [-0.05, 0) is 80.3 Å². The van der Waals surface area contributed by atoms with E-state index in [1.54, 1.807) is 0 Å². The van der Waals surface area contributed by atoms with Crippen LogP contribution in [0.2, 0.25) is 0 Å². The molecule has 0 radical (unpaired) electrons. The number of fused-ring (bicyclic) bond motifs is 1. The zero-order valence-corrected chi connectivity index (χ0v) is 26.9. The number of benzene rings is 2. The number of cyclic esters (lactones) is 1. The van der Waals surface area contributed by atoms with Crippen molar-refractivity contribution in [2.45, 2.75) is 85.2 Å². The van der Waals surface area contributed by atoms with Gasteiger partial charge >= 0.3 is 11.9 Å². The Morgan fingerprint density at radius 3 is 2.32 bits per heavy atom. The summed E-state index contributed by atoms with van der Waals surface area (Å²) < 4.78 is 17.2. The highest BCUT2D eigenvalue weighted by Gasteiger charge is 2.44. The van der Waals surface area contributed by atoms with E-state index >= 15 is 0 Å². The molecule has 2 heterocycles. The monoisotopic (exact) mass is 598 g/mol. The van der Waals surface area contributed by atoms with Gasteiger partial charge in [-0.3, -0.25) is 4.79 Å². The first-order valence-corrected chi connectivity index (χ1v) is 15.8. The van der Waals surface area contributed by atoms with Crippen LogP contribution in [0.1, 0.15) is 95.1 Å². The molecule has 1 aliphatic heterocycles. The molecule has 234 valence electrons. The molecule has 3 aromatic rings. The van der Waals surface area contributed by atoms with Gasteiger partial charge in [0.2, 0.25) is 0 Å². The molecule has 0 bridgehead atoms. The molecule has 1 fully saturated rings.